The van der Waals surface area contributed by atoms with Gasteiger partial charge in [0, 0.05) is 6.42 Å². The van der Waals surface area contributed by atoms with Crippen LogP contribution in [0.4, 0.5) is 0 Å². The molecule has 1 aromatic heterocycles. The third kappa shape index (κ3) is 3.20. The molecule has 11 heavy (non-hydrogen) atoms. The van der Waals surface area contributed by atoms with Gasteiger partial charge in [0.1, 0.15) is 0 Å². The predicted octanol–water partition coefficient (Wildman–Crippen LogP) is -0.502. The lowest BCUT2D eigenvalue weighted by atomic mass is 10.4. The molecule has 0 aliphatic rings. The highest BCUT2D eigenvalue weighted by Gasteiger charge is 1.94. The summed E-state index contributed by atoms with van der Waals surface area (Å²) in [6, 6.07) is 0. The Morgan fingerprint density at radius 2 is 1.73 bits per heavy atom. The standard InChI is InChI=1S/C5H9N5.ClH/c1-4-7-9-5(2-3-6)10-8-4;/h2-3,6H2,1H3;1H. The van der Waals surface area contributed by atoms with E-state index >= 15 is 0 Å². The van der Waals surface area contributed by atoms with Gasteiger partial charge in [-0.25, -0.2) is 0 Å². The zero-order valence-corrected chi connectivity index (χ0v) is 7.01. The van der Waals surface area contributed by atoms with Gasteiger partial charge in [0.15, 0.2) is 11.6 Å². The first-order chi connectivity index (χ1) is 4.83. The summed E-state index contributed by atoms with van der Waals surface area (Å²) < 4.78 is 0. The summed E-state index contributed by atoms with van der Waals surface area (Å²) in [6.07, 6.45) is 0.639. The molecule has 1 aromatic rings. The van der Waals surface area contributed by atoms with Crippen LogP contribution in [0, 0.1) is 6.92 Å². The third-order valence-corrected chi connectivity index (χ3v) is 0.988. The molecule has 0 bridgehead atoms. The van der Waals surface area contributed by atoms with Crippen molar-refractivity contribution in [2.24, 2.45) is 5.73 Å². The van der Waals surface area contributed by atoms with Crippen LogP contribution in [-0.4, -0.2) is 26.9 Å². The molecule has 1 rings (SSSR count). The van der Waals surface area contributed by atoms with Gasteiger partial charge in [-0.05, 0) is 13.5 Å². The van der Waals surface area contributed by atoms with E-state index in [-0.39, 0.29) is 12.4 Å². The summed E-state index contributed by atoms with van der Waals surface area (Å²) in [5.41, 5.74) is 5.26. The van der Waals surface area contributed by atoms with E-state index < -0.39 is 0 Å². The highest BCUT2D eigenvalue weighted by molar-refractivity contribution is 5.85. The fourth-order valence-electron chi connectivity index (χ4n) is 0.529. The topological polar surface area (TPSA) is 77.6 Å². The minimum absolute atomic E-state index is 0. The van der Waals surface area contributed by atoms with Crippen LogP contribution in [0.25, 0.3) is 0 Å². The maximum absolute atomic E-state index is 5.26. The fourth-order valence-corrected chi connectivity index (χ4v) is 0.529. The van der Waals surface area contributed by atoms with E-state index in [1.165, 1.54) is 0 Å². The molecule has 0 spiro atoms. The fraction of sp³-hybridized carbons (Fsp3) is 0.600. The lowest BCUT2D eigenvalue weighted by molar-refractivity contribution is 0.720. The Hall–Kier alpha value is -0.810. The molecule has 0 saturated carbocycles. The molecular formula is C5H10ClN5. The lowest BCUT2D eigenvalue weighted by Crippen LogP contribution is -2.09. The van der Waals surface area contributed by atoms with E-state index in [1.54, 1.807) is 6.92 Å². The van der Waals surface area contributed by atoms with Gasteiger partial charge in [-0.3, -0.25) is 0 Å². The number of halogens is 1. The summed E-state index contributed by atoms with van der Waals surface area (Å²) in [5.74, 6) is 1.19. The molecule has 1 heterocycles. The third-order valence-electron chi connectivity index (χ3n) is 0.988. The van der Waals surface area contributed by atoms with Gasteiger partial charge in [-0.2, -0.15) is 0 Å². The van der Waals surface area contributed by atoms with Gasteiger partial charge in [-0.1, -0.05) is 0 Å². The van der Waals surface area contributed by atoms with Gasteiger partial charge in [0.05, 0.1) is 0 Å². The van der Waals surface area contributed by atoms with Crippen LogP contribution in [0.5, 0.6) is 0 Å². The Balaban J connectivity index is 0.000001000. The molecular weight excluding hydrogens is 166 g/mol. The van der Waals surface area contributed by atoms with Gasteiger partial charge in [-0.15, -0.1) is 32.8 Å². The summed E-state index contributed by atoms with van der Waals surface area (Å²) in [4.78, 5) is 0. The van der Waals surface area contributed by atoms with E-state index in [0.29, 0.717) is 24.6 Å². The minimum Gasteiger partial charge on any atom is -0.330 e. The number of rotatable bonds is 2. The largest absolute Gasteiger partial charge is 0.330 e. The van der Waals surface area contributed by atoms with Crippen molar-refractivity contribution in [1.29, 1.82) is 0 Å². The van der Waals surface area contributed by atoms with Crippen LogP contribution in [-0.2, 0) is 6.42 Å². The van der Waals surface area contributed by atoms with Crippen molar-refractivity contribution >= 4 is 12.4 Å². The molecule has 5 nitrogen and oxygen atoms in total. The van der Waals surface area contributed by atoms with Gasteiger partial charge < -0.3 is 5.73 Å². The van der Waals surface area contributed by atoms with Gasteiger partial charge in [0.2, 0.25) is 0 Å². The van der Waals surface area contributed by atoms with Crippen molar-refractivity contribution in [3.8, 4) is 0 Å². The Bertz CT molecular complexity index is 199. The van der Waals surface area contributed by atoms with E-state index in [2.05, 4.69) is 20.4 Å². The van der Waals surface area contributed by atoms with E-state index in [9.17, 15) is 0 Å². The number of hydrogen-bond acceptors (Lipinski definition) is 5. The van der Waals surface area contributed by atoms with Crippen molar-refractivity contribution < 1.29 is 0 Å². The molecule has 2 N–H and O–H groups in total. The molecule has 0 aromatic carbocycles. The average molecular weight is 176 g/mol. The van der Waals surface area contributed by atoms with Crippen LogP contribution in [0.2, 0.25) is 0 Å². The van der Waals surface area contributed by atoms with E-state index in [4.69, 9.17) is 5.73 Å². The van der Waals surface area contributed by atoms with Crippen molar-refractivity contribution in [3.05, 3.63) is 11.6 Å². The lowest BCUT2D eigenvalue weighted by Gasteiger charge is -1.92. The molecule has 0 radical (unpaired) electrons. The van der Waals surface area contributed by atoms with Crippen molar-refractivity contribution in [2.75, 3.05) is 6.54 Å². The van der Waals surface area contributed by atoms with Crippen LogP contribution in [0.3, 0.4) is 0 Å². The Morgan fingerprint density at radius 3 is 2.18 bits per heavy atom. The SMILES string of the molecule is Cc1nnc(CCN)nn1.Cl. The number of aryl methyl sites for hydroxylation is 1. The quantitative estimate of drug-likeness (QED) is 0.656. The van der Waals surface area contributed by atoms with Crippen LogP contribution in [0.1, 0.15) is 11.6 Å². The maximum atomic E-state index is 5.26. The van der Waals surface area contributed by atoms with Crippen LogP contribution in [0.15, 0.2) is 0 Å². The van der Waals surface area contributed by atoms with Gasteiger partial charge in [0.25, 0.3) is 0 Å². The summed E-state index contributed by atoms with van der Waals surface area (Å²) in [6.45, 7) is 2.28. The summed E-state index contributed by atoms with van der Waals surface area (Å²) >= 11 is 0. The molecule has 6 heteroatoms. The molecule has 0 unspecified atom stereocenters. The van der Waals surface area contributed by atoms with Crippen LogP contribution >= 0.6 is 12.4 Å². The van der Waals surface area contributed by atoms with Crippen molar-refractivity contribution in [3.63, 3.8) is 0 Å². The predicted molar refractivity (Wildman–Crippen MR) is 42.4 cm³/mol. The molecule has 0 atom stereocenters. The molecule has 0 aliphatic carbocycles. The van der Waals surface area contributed by atoms with Crippen molar-refractivity contribution in [1.82, 2.24) is 20.4 Å². The Morgan fingerprint density at radius 1 is 1.18 bits per heavy atom. The number of aromatic nitrogens is 4. The molecule has 0 amide bonds. The van der Waals surface area contributed by atoms with Crippen LogP contribution < -0.4 is 5.73 Å². The first kappa shape index (κ1) is 10.2. The maximum Gasteiger partial charge on any atom is 0.174 e. The smallest absolute Gasteiger partial charge is 0.174 e. The Kier molecular flexibility index (Phi) is 4.56. The highest BCUT2D eigenvalue weighted by Crippen LogP contribution is 1.83. The molecule has 62 valence electrons. The normalized spacial score (nSPS) is 8.91. The molecule has 0 aliphatic heterocycles. The number of nitrogens with zero attached hydrogens (tertiary/aromatic N) is 4. The number of hydrogen-bond donors (Lipinski definition) is 1. The average Bonchev–Trinajstić information content (AvgIpc) is 1.95. The first-order valence-corrected chi connectivity index (χ1v) is 3.06. The second kappa shape index (κ2) is 4.92. The summed E-state index contributed by atoms with van der Waals surface area (Å²) in [5, 5.41) is 15.0. The highest BCUT2D eigenvalue weighted by atomic mass is 35.5. The second-order valence-corrected chi connectivity index (χ2v) is 1.90. The second-order valence-electron chi connectivity index (χ2n) is 1.90. The molecule has 0 saturated heterocycles. The van der Waals surface area contributed by atoms with E-state index in [0.717, 1.165) is 0 Å². The minimum atomic E-state index is 0. The van der Waals surface area contributed by atoms with E-state index in [1.807, 2.05) is 0 Å². The van der Waals surface area contributed by atoms with Gasteiger partial charge >= 0.3 is 0 Å². The Labute approximate surface area is 70.8 Å². The zero-order valence-electron chi connectivity index (χ0n) is 6.19. The zero-order chi connectivity index (χ0) is 7.40. The summed E-state index contributed by atoms with van der Waals surface area (Å²) in [7, 11) is 0. The monoisotopic (exact) mass is 175 g/mol. The first-order valence-electron chi connectivity index (χ1n) is 3.06. The molecule has 0 fully saturated rings. The number of nitrogens with two attached hydrogens (primary N) is 1. The van der Waals surface area contributed by atoms with Crippen molar-refractivity contribution in [2.45, 2.75) is 13.3 Å².